The molecule has 2 atom stereocenters. The van der Waals surface area contributed by atoms with Gasteiger partial charge in [-0.25, -0.2) is 13.6 Å². The van der Waals surface area contributed by atoms with E-state index in [-0.39, 0.29) is 25.5 Å². The summed E-state index contributed by atoms with van der Waals surface area (Å²) in [6.45, 7) is 0.240. The average Bonchev–Trinajstić information content (AvgIpc) is 3.32. The first-order valence-corrected chi connectivity index (χ1v) is 10.3. The normalized spacial score (nSPS) is 19.9. The summed E-state index contributed by atoms with van der Waals surface area (Å²) in [6, 6.07) is 19.1. The minimum atomic E-state index is -0.980. The van der Waals surface area contributed by atoms with Gasteiger partial charge in [-0.1, -0.05) is 54.6 Å². The quantitative estimate of drug-likeness (QED) is 0.646. The number of fused-ring (bicyclic) bond motifs is 3. The second kappa shape index (κ2) is 7.78. The van der Waals surface area contributed by atoms with Crippen molar-refractivity contribution in [1.29, 1.82) is 0 Å². The van der Waals surface area contributed by atoms with Gasteiger partial charge in [0.15, 0.2) is 11.6 Å². The Morgan fingerprint density at radius 1 is 0.968 bits per heavy atom. The Balaban J connectivity index is 1.36. The Labute approximate surface area is 178 Å². The van der Waals surface area contributed by atoms with Crippen molar-refractivity contribution in [3.05, 3.63) is 95.1 Å². The monoisotopic (exact) mass is 421 g/mol. The zero-order valence-electron chi connectivity index (χ0n) is 16.7. The van der Waals surface area contributed by atoms with Crippen molar-refractivity contribution in [2.75, 3.05) is 13.2 Å². The average molecular weight is 421 g/mol. The third-order valence-corrected chi connectivity index (χ3v) is 6.18. The van der Waals surface area contributed by atoms with E-state index in [2.05, 4.69) is 12.1 Å². The molecular weight excluding hydrogens is 400 g/mol. The summed E-state index contributed by atoms with van der Waals surface area (Å²) in [5.74, 6) is -2.01. The highest BCUT2D eigenvalue weighted by Gasteiger charge is 2.37. The number of ether oxygens (including phenoxy) is 1. The number of carbonyl (C=O) groups is 1. The maximum atomic E-state index is 13.7. The first-order chi connectivity index (χ1) is 15.0. The molecule has 0 bridgehead atoms. The summed E-state index contributed by atoms with van der Waals surface area (Å²) in [4.78, 5) is 14.3. The van der Waals surface area contributed by atoms with Gasteiger partial charge >= 0.3 is 6.09 Å². The summed E-state index contributed by atoms with van der Waals surface area (Å²) in [5, 5.41) is 10.1. The minimum Gasteiger partial charge on any atom is -0.448 e. The molecule has 2 aliphatic rings. The van der Waals surface area contributed by atoms with E-state index >= 15 is 0 Å². The number of halogens is 2. The van der Waals surface area contributed by atoms with Crippen molar-refractivity contribution in [3.8, 4) is 11.1 Å². The van der Waals surface area contributed by atoms with E-state index in [0.29, 0.717) is 5.56 Å². The van der Waals surface area contributed by atoms with Crippen LogP contribution in [0.3, 0.4) is 0 Å². The molecule has 0 radical (unpaired) electrons. The highest BCUT2D eigenvalue weighted by atomic mass is 19.2. The van der Waals surface area contributed by atoms with Crippen molar-refractivity contribution in [1.82, 2.24) is 4.90 Å². The molecule has 2 unspecified atom stereocenters. The number of β-amino-alcohol motifs (C(OH)–C–C–N with tert-alkyl or cyclic N) is 1. The Kier molecular flexibility index (Phi) is 4.94. The lowest BCUT2D eigenvalue weighted by molar-refractivity contribution is 0.0909. The third kappa shape index (κ3) is 3.47. The van der Waals surface area contributed by atoms with Crippen molar-refractivity contribution >= 4 is 6.09 Å². The van der Waals surface area contributed by atoms with Gasteiger partial charge in [-0.2, -0.15) is 0 Å². The molecule has 1 saturated heterocycles. The first kappa shape index (κ1) is 19.7. The first-order valence-electron chi connectivity index (χ1n) is 10.3. The van der Waals surface area contributed by atoms with Crippen LogP contribution in [0.2, 0.25) is 0 Å². The number of nitrogens with zero attached hydrogens (tertiary/aromatic N) is 1. The number of aliphatic hydroxyl groups excluding tert-OH is 1. The van der Waals surface area contributed by atoms with Crippen LogP contribution in [-0.4, -0.2) is 35.4 Å². The minimum absolute atomic E-state index is 0.0782. The molecule has 1 heterocycles. The molecule has 1 amide bonds. The van der Waals surface area contributed by atoms with Crippen LogP contribution in [-0.2, 0) is 4.74 Å². The molecule has 0 aromatic heterocycles. The lowest BCUT2D eigenvalue weighted by Crippen LogP contribution is -2.33. The fourth-order valence-electron chi connectivity index (χ4n) is 4.73. The van der Waals surface area contributed by atoms with Crippen LogP contribution in [0.15, 0.2) is 66.7 Å². The lowest BCUT2D eigenvalue weighted by atomic mass is 9.98. The van der Waals surface area contributed by atoms with E-state index in [1.165, 1.54) is 11.0 Å². The summed E-state index contributed by atoms with van der Waals surface area (Å²) in [6.07, 6.45) is -1.08. The molecule has 4 nitrogen and oxygen atoms in total. The molecule has 158 valence electrons. The zero-order valence-corrected chi connectivity index (χ0v) is 16.7. The van der Waals surface area contributed by atoms with Crippen LogP contribution in [0.25, 0.3) is 11.1 Å². The summed E-state index contributed by atoms with van der Waals surface area (Å²) in [7, 11) is 0. The molecule has 1 aliphatic carbocycles. The predicted molar refractivity (Wildman–Crippen MR) is 111 cm³/mol. The van der Waals surface area contributed by atoms with E-state index in [1.807, 2.05) is 36.4 Å². The van der Waals surface area contributed by atoms with Crippen LogP contribution in [0.1, 0.15) is 35.1 Å². The Hall–Kier alpha value is -3.25. The van der Waals surface area contributed by atoms with Crippen LogP contribution < -0.4 is 0 Å². The molecule has 1 N–H and O–H groups in total. The number of benzene rings is 3. The lowest BCUT2D eigenvalue weighted by Gasteiger charge is -2.25. The summed E-state index contributed by atoms with van der Waals surface area (Å²) in [5.41, 5.74) is 4.92. The Morgan fingerprint density at radius 2 is 1.61 bits per heavy atom. The molecule has 0 spiro atoms. The molecule has 6 heteroatoms. The Morgan fingerprint density at radius 3 is 2.26 bits per heavy atom. The Bertz CT molecular complexity index is 1100. The smallest absolute Gasteiger partial charge is 0.410 e. The number of aliphatic hydroxyl groups is 1. The summed E-state index contributed by atoms with van der Waals surface area (Å²) >= 11 is 0. The molecule has 1 aliphatic heterocycles. The highest BCUT2D eigenvalue weighted by molar-refractivity contribution is 5.79. The van der Waals surface area contributed by atoms with E-state index in [1.54, 1.807) is 0 Å². The van der Waals surface area contributed by atoms with Crippen molar-refractivity contribution in [2.24, 2.45) is 0 Å². The van der Waals surface area contributed by atoms with E-state index in [0.717, 1.165) is 34.4 Å². The molecule has 3 aromatic rings. The van der Waals surface area contributed by atoms with Gasteiger partial charge in [0, 0.05) is 5.92 Å². The van der Waals surface area contributed by atoms with Gasteiger partial charge in [-0.15, -0.1) is 0 Å². The number of likely N-dealkylation sites (tertiary alicyclic amines) is 1. The highest BCUT2D eigenvalue weighted by Crippen LogP contribution is 2.44. The second-order valence-electron chi connectivity index (χ2n) is 8.04. The zero-order chi connectivity index (χ0) is 21.5. The van der Waals surface area contributed by atoms with Crippen molar-refractivity contribution < 1.29 is 23.4 Å². The predicted octanol–water partition coefficient (Wildman–Crippen LogP) is 5.02. The van der Waals surface area contributed by atoms with Crippen LogP contribution >= 0.6 is 0 Å². The third-order valence-electron chi connectivity index (χ3n) is 6.18. The molecule has 5 rings (SSSR count). The fraction of sp³-hybridized carbons (Fsp3) is 0.240. The van der Waals surface area contributed by atoms with Gasteiger partial charge < -0.3 is 9.84 Å². The van der Waals surface area contributed by atoms with Crippen LogP contribution in [0.4, 0.5) is 13.6 Å². The maximum Gasteiger partial charge on any atom is 0.410 e. The number of hydrogen-bond donors (Lipinski definition) is 1. The molecule has 0 saturated carbocycles. The van der Waals surface area contributed by atoms with Crippen molar-refractivity contribution in [3.63, 3.8) is 0 Å². The van der Waals surface area contributed by atoms with Crippen LogP contribution in [0, 0.1) is 11.6 Å². The maximum absolute atomic E-state index is 13.7. The van der Waals surface area contributed by atoms with Gasteiger partial charge in [-0.3, -0.25) is 4.90 Å². The molecule has 1 fully saturated rings. The van der Waals surface area contributed by atoms with Crippen LogP contribution in [0.5, 0.6) is 0 Å². The number of hydrogen-bond acceptors (Lipinski definition) is 3. The number of amides is 1. The summed E-state index contributed by atoms with van der Waals surface area (Å²) < 4.78 is 32.7. The largest absolute Gasteiger partial charge is 0.448 e. The second-order valence-corrected chi connectivity index (χ2v) is 8.04. The van der Waals surface area contributed by atoms with Gasteiger partial charge in [0.05, 0.1) is 18.7 Å². The van der Waals surface area contributed by atoms with E-state index in [4.69, 9.17) is 4.74 Å². The standard InChI is InChI=1S/C25H21F2NO3/c26-22-10-9-15(11-23(22)27)24-12-16(29)13-28(24)25(30)31-14-21-19-7-3-1-5-17(19)18-6-2-4-8-20(18)21/h1-11,16,21,24,29H,12-14H2. The number of rotatable bonds is 3. The SMILES string of the molecule is O=C(OCC1c2ccccc2-c2ccccc21)N1CC(O)CC1c1ccc(F)c(F)c1. The molecule has 3 aromatic carbocycles. The van der Waals surface area contributed by atoms with E-state index in [9.17, 15) is 18.7 Å². The molecular formula is C25H21F2NO3. The number of carbonyl (C=O) groups excluding carboxylic acids is 1. The van der Waals surface area contributed by atoms with Gasteiger partial charge in [0.25, 0.3) is 0 Å². The topological polar surface area (TPSA) is 49.8 Å². The van der Waals surface area contributed by atoms with Crippen molar-refractivity contribution in [2.45, 2.75) is 24.5 Å². The van der Waals surface area contributed by atoms with Gasteiger partial charge in [0.2, 0.25) is 0 Å². The van der Waals surface area contributed by atoms with E-state index < -0.39 is 29.9 Å². The van der Waals surface area contributed by atoms with Gasteiger partial charge in [-0.05, 0) is 46.4 Å². The van der Waals surface area contributed by atoms with Gasteiger partial charge in [0.1, 0.15) is 6.61 Å². The fourth-order valence-corrected chi connectivity index (χ4v) is 4.73. The molecule has 31 heavy (non-hydrogen) atoms.